The SMILES string of the molecule is CCO[C@@H]1CN(Cc2ccccc2C#N)C[C@H]1O. The van der Waals surface area contributed by atoms with Crippen LogP contribution in [-0.2, 0) is 11.3 Å². The zero-order valence-corrected chi connectivity index (χ0v) is 10.5. The number of β-amino-alcohol motifs (C(OH)–C–C–N with tert-alkyl or cyclic N) is 1. The van der Waals surface area contributed by atoms with E-state index < -0.39 is 6.10 Å². The van der Waals surface area contributed by atoms with Crippen molar-refractivity contribution in [1.29, 1.82) is 5.26 Å². The summed E-state index contributed by atoms with van der Waals surface area (Å²) in [6, 6.07) is 9.77. The lowest BCUT2D eigenvalue weighted by molar-refractivity contribution is -0.00245. The lowest BCUT2D eigenvalue weighted by Gasteiger charge is -2.16. The molecule has 0 saturated carbocycles. The van der Waals surface area contributed by atoms with E-state index in [1.165, 1.54) is 0 Å². The van der Waals surface area contributed by atoms with E-state index in [0.29, 0.717) is 25.3 Å². The van der Waals surface area contributed by atoms with Gasteiger partial charge in [0.2, 0.25) is 0 Å². The molecule has 4 heteroatoms. The number of hydrogen-bond acceptors (Lipinski definition) is 4. The van der Waals surface area contributed by atoms with Gasteiger partial charge in [0, 0.05) is 26.2 Å². The first-order valence-corrected chi connectivity index (χ1v) is 6.24. The van der Waals surface area contributed by atoms with Crippen molar-refractivity contribution in [3.8, 4) is 6.07 Å². The molecule has 2 rings (SSSR count). The Morgan fingerprint density at radius 3 is 2.94 bits per heavy atom. The van der Waals surface area contributed by atoms with Crippen LogP contribution in [0.2, 0.25) is 0 Å². The van der Waals surface area contributed by atoms with Gasteiger partial charge in [-0.25, -0.2) is 0 Å². The summed E-state index contributed by atoms with van der Waals surface area (Å²) < 4.78 is 5.48. The van der Waals surface area contributed by atoms with Crippen molar-refractivity contribution in [1.82, 2.24) is 4.90 Å². The molecule has 4 nitrogen and oxygen atoms in total. The van der Waals surface area contributed by atoms with Gasteiger partial charge in [-0.05, 0) is 18.6 Å². The minimum atomic E-state index is -0.431. The predicted octanol–water partition coefficient (Wildman–Crippen LogP) is 1.14. The summed E-state index contributed by atoms with van der Waals surface area (Å²) in [4.78, 5) is 2.13. The van der Waals surface area contributed by atoms with Gasteiger partial charge in [0.25, 0.3) is 0 Å². The Kier molecular flexibility index (Phi) is 4.32. The molecule has 1 aromatic carbocycles. The van der Waals surface area contributed by atoms with Gasteiger partial charge in [-0.1, -0.05) is 18.2 Å². The average Bonchev–Trinajstić information content (AvgIpc) is 2.71. The third-order valence-electron chi connectivity index (χ3n) is 3.23. The van der Waals surface area contributed by atoms with Crippen molar-refractivity contribution in [3.63, 3.8) is 0 Å². The fraction of sp³-hybridized carbons (Fsp3) is 0.500. The topological polar surface area (TPSA) is 56.5 Å². The van der Waals surface area contributed by atoms with Gasteiger partial charge in [-0.15, -0.1) is 0 Å². The minimum Gasteiger partial charge on any atom is -0.389 e. The van der Waals surface area contributed by atoms with Crippen LogP contribution >= 0.6 is 0 Å². The number of benzene rings is 1. The van der Waals surface area contributed by atoms with Crippen molar-refractivity contribution in [2.75, 3.05) is 19.7 Å². The van der Waals surface area contributed by atoms with Gasteiger partial charge in [0.15, 0.2) is 0 Å². The van der Waals surface area contributed by atoms with E-state index in [1.54, 1.807) is 0 Å². The smallest absolute Gasteiger partial charge is 0.0995 e. The second-order valence-corrected chi connectivity index (χ2v) is 4.52. The lowest BCUT2D eigenvalue weighted by Crippen LogP contribution is -2.26. The fourth-order valence-corrected chi connectivity index (χ4v) is 2.35. The van der Waals surface area contributed by atoms with Crippen molar-refractivity contribution in [2.24, 2.45) is 0 Å². The summed E-state index contributed by atoms with van der Waals surface area (Å²) in [5.41, 5.74) is 1.70. The standard InChI is InChI=1S/C14H18N2O2/c1-2-18-14-10-16(9-13(14)17)8-12-6-4-3-5-11(12)7-15/h3-6,13-14,17H,2,8-10H2,1H3/t13-,14-/m1/s1. The van der Waals surface area contributed by atoms with Gasteiger partial charge >= 0.3 is 0 Å². The summed E-state index contributed by atoms with van der Waals surface area (Å²) >= 11 is 0. The van der Waals surface area contributed by atoms with Crippen LogP contribution in [0.1, 0.15) is 18.1 Å². The van der Waals surface area contributed by atoms with E-state index in [1.807, 2.05) is 31.2 Å². The van der Waals surface area contributed by atoms with Crippen LogP contribution in [0.5, 0.6) is 0 Å². The Hall–Kier alpha value is -1.41. The van der Waals surface area contributed by atoms with Crippen LogP contribution in [-0.4, -0.2) is 41.9 Å². The molecule has 0 radical (unpaired) electrons. The molecule has 1 aliphatic heterocycles. The number of hydrogen-bond donors (Lipinski definition) is 1. The van der Waals surface area contributed by atoms with Crippen LogP contribution in [0.4, 0.5) is 0 Å². The monoisotopic (exact) mass is 246 g/mol. The molecule has 18 heavy (non-hydrogen) atoms. The Balaban J connectivity index is 2.01. The molecule has 0 aliphatic carbocycles. The summed E-state index contributed by atoms with van der Waals surface area (Å²) in [7, 11) is 0. The van der Waals surface area contributed by atoms with Gasteiger partial charge in [-0.2, -0.15) is 5.26 Å². The fourth-order valence-electron chi connectivity index (χ4n) is 2.35. The highest BCUT2D eigenvalue weighted by Gasteiger charge is 2.31. The summed E-state index contributed by atoms with van der Waals surface area (Å²) in [5, 5.41) is 18.9. The van der Waals surface area contributed by atoms with Crippen LogP contribution in [0, 0.1) is 11.3 Å². The molecule has 2 atom stereocenters. The third-order valence-corrected chi connectivity index (χ3v) is 3.23. The molecular formula is C14H18N2O2. The average molecular weight is 246 g/mol. The number of nitrogens with zero attached hydrogens (tertiary/aromatic N) is 2. The van der Waals surface area contributed by atoms with E-state index >= 15 is 0 Å². The quantitative estimate of drug-likeness (QED) is 0.865. The first-order chi connectivity index (χ1) is 8.74. The highest BCUT2D eigenvalue weighted by molar-refractivity contribution is 5.37. The second-order valence-electron chi connectivity index (χ2n) is 4.52. The molecule has 1 saturated heterocycles. The first kappa shape index (κ1) is 13.0. The summed E-state index contributed by atoms with van der Waals surface area (Å²) in [6.07, 6.45) is -0.538. The van der Waals surface area contributed by atoms with Gasteiger partial charge in [0.1, 0.15) is 0 Å². The number of rotatable bonds is 4. The molecule has 1 aromatic rings. The number of aliphatic hydroxyl groups is 1. The molecule has 96 valence electrons. The minimum absolute atomic E-state index is 0.107. The molecule has 1 N–H and O–H groups in total. The molecule has 0 amide bonds. The van der Waals surface area contributed by atoms with Crippen molar-refractivity contribution in [2.45, 2.75) is 25.7 Å². The van der Waals surface area contributed by atoms with Crippen LogP contribution in [0.25, 0.3) is 0 Å². The van der Waals surface area contributed by atoms with Crippen LogP contribution in [0.15, 0.2) is 24.3 Å². The van der Waals surface area contributed by atoms with Gasteiger partial charge < -0.3 is 9.84 Å². The van der Waals surface area contributed by atoms with E-state index in [0.717, 1.165) is 12.1 Å². The zero-order chi connectivity index (χ0) is 13.0. The molecule has 0 spiro atoms. The van der Waals surface area contributed by atoms with Gasteiger partial charge in [0.05, 0.1) is 23.8 Å². The molecule has 1 heterocycles. The zero-order valence-electron chi connectivity index (χ0n) is 10.5. The molecule has 1 fully saturated rings. The summed E-state index contributed by atoms with van der Waals surface area (Å²) in [5.74, 6) is 0. The maximum atomic E-state index is 9.86. The number of ether oxygens (including phenoxy) is 1. The van der Waals surface area contributed by atoms with Crippen molar-refractivity contribution in [3.05, 3.63) is 35.4 Å². The Morgan fingerprint density at radius 2 is 2.22 bits per heavy atom. The molecular weight excluding hydrogens is 228 g/mol. The third kappa shape index (κ3) is 2.88. The largest absolute Gasteiger partial charge is 0.389 e. The normalized spacial score (nSPS) is 24.1. The van der Waals surface area contributed by atoms with E-state index in [-0.39, 0.29) is 6.10 Å². The molecule has 0 bridgehead atoms. The maximum Gasteiger partial charge on any atom is 0.0995 e. The number of likely N-dealkylation sites (tertiary alicyclic amines) is 1. The Bertz CT molecular complexity index is 442. The summed E-state index contributed by atoms with van der Waals surface area (Å²) in [6.45, 7) is 4.55. The van der Waals surface area contributed by atoms with E-state index in [2.05, 4.69) is 11.0 Å². The number of aliphatic hydroxyl groups excluding tert-OH is 1. The molecule has 0 aromatic heterocycles. The predicted molar refractivity (Wildman–Crippen MR) is 67.9 cm³/mol. The second kappa shape index (κ2) is 5.96. The van der Waals surface area contributed by atoms with Crippen LogP contribution < -0.4 is 0 Å². The molecule has 0 unspecified atom stereocenters. The highest BCUT2D eigenvalue weighted by atomic mass is 16.5. The lowest BCUT2D eigenvalue weighted by atomic mass is 10.1. The molecule has 1 aliphatic rings. The van der Waals surface area contributed by atoms with E-state index in [9.17, 15) is 5.11 Å². The Labute approximate surface area is 107 Å². The van der Waals surface area contributed by atoms with Crippen molar-refractivity contribution >= 4 is 0 Å². The van der Waals surface area contributed by atoms with E-state index in [4.69, 9.17) is 10.00 Å². The Morgan fingerprint density at radius 1 is 1.44 bits per heavy atom. The van der Waals surface area contributed by atoms with Crippen molar-refractivity contribution < 1.29 is 9.84 Å². The van der Waals surface area contributed by atoms with Crippen LogP contribution in [0.3, 0.4) is 0 Å². The highest BCUT2D eigenvalue weighted by Crippen LogP contribution is 2.18. The first-order valence-electron chi connectivity index (χ1n) is 6.24. The number of nitriles is 1. The maximum absolute atomic E-state index is 9.86. The van der Waals surface area contributed by atoms with Gasteiger partial charge in [-0.3, -0.25) is 4.90 Å².